The normalized spacial score (nSPS) is 19.0. The van der Waals surface area contributed by atoms with Crippen molar-refractivity contribution >= 4 is 29.9 Å². The summed E-state index contributed by atoms with van der Waals surface area (Å²) in [5, 5.41) is 5.89. The summed E-state index contributed by atoms with van der Waals surface area (Å²) in [6, 6.07) is 7.63. The van der Waals surface area contributed by atoms with Crippen molar-refractivity contribution in [2.75, 3.05) is 5.32 Å². The first kappa shape index (κ1) is 18.7. The number of carbonyl (C=O) groups excluding carboxylic acids is 2. The standard InChI is InChI=1S/C18H25N3O2.ClH/c19-18(9-1-2-10-18)17(23)20-12-13-5-3-8-15(11-13)21-16(22)14-6-4-7-14;/h3,5,8,11,14H,1-2,4,6-7,9-10,12,19H2,(H,20,23)(H,21,22);1H. The summed E-state index contributed by atoms with van der Waals surface area (Å²) in [6.07, 6.45) is 6.68. The molecule has 0 unspecified atom stereocenters. The zero-order valence-corrected chi connectivity index (χ0v) is 14.7. The SMILES string of the molecule is Cl.NC1(C(=O)NCc2cccc(NC(=O)C3CCC3)c2)CCCC1. The summed E-state index contributed by atoms with van der Waals surface area (Å²) in [6.45, 7) is 0.435. The molecule has 0 aromatic heterocycles. The highest BCUT2D eigenvalue weighted by Gasteiger charge is 2.36. The van der Waals surface area contributed by atoms with Gasteiger partial charge in [-0.3, -0.25) is 9.59 Å². The third kappa shape index (κ3) is 4.28. The third-order valence-corrected chi connectivity index (χ3v) is 5.07. The smallest absolute Gasteiger partial charge is 0.240 e. The first-order valence-electron chi connectivity index (χ1n) is 8.54. The molecular weight excluding hydrogens is 326 g/mol. The predicted molar refractivity (Wildman–Crippen MR) is 96.9 cm³/mol. The van der Waals surface area contributed by atoms with Crippen LogP contribution in [-0.2, 0) is 16.1 Å². The highest BCUT2D eigenvalue weighted by Crippen LogP contribution is 2.28. The number of halogens is 1. The number of rotatable bonds is 5. The van der Waals surface area contributed by atoms with Crippen LogP contribution in [0.4, 0.5) is 5.69 Å². The van der Waals surface area contributed by atoms with Gasteiger partial charge < -0.3 is 16.4 Å². The highest BCUT2D eigenvalue weighted by atomic mass is 35.5. The van der Waals surface area contributed by atoms with E-state index in [0.29, 0.717) is 6.54 Å². The van der Waals surface area contributed by atoms with Crippen molar-refractivity contribution in [1.29, 1.82) is 0 Å². The van der Waals surface area contributed by atoms with Gasteiger partial charge in [-0.25, -0.2) is 0 Å². The molecule has 2 fully saturated rings. The van der Waals surface area contributed by atoms with Crippen LogP contribution in [0.25, 0.3) is 0 Å². The monoisotopic (exact) mass is 351 g/mol. The first-order chi connectivity index (χ1) is 11.1. The van der Waals surface area contributed by atoms with Gasteiger partial charge in [-0.05, 0) is 43.4 Å². The Balaban J connectivity index is 0.00000208. The van der Waals surface area contributed by atoms with Crippen LogP contribution in [0.1, 0.15) is 50.5 Å². The Kier molecular flexibility index (Phi) is 6.24. The molecule has 132 valence electrons. The van der Waals surface area contributed by atoms with E-state index in [0.717, 1.165) is 56.2 Å². The topological polar surface area (TPSA) is 84.2 Å². The van der Waals surface area contributed by atoms with Crippen molar-refractivity contribution in [1.82, 2.24) is 5.32 Å². The van der Waals surface area contributed by atoms with Gasteiger partial charge in [0.15, 0.2) is 0 Å². The van der Waals surface area contributed by atoms with Crippen LogP contribution >= 0.6 is 12.4 Å². The molecule has 0 spiro atoms. The van der Waals surface area contributed by atoms with Gasteiger partial charge in [0.2, 0.25) is 11.8 Å². The largest absolute Gasteiger partial charge is 0.350 e. The van der Waals surface area contributed by atoms with Crippen LogP contribution in [0.2, 0.25) is 0 Å². The van der Waals surface area contributed by atoms with Gasteiger partial charge in [0, 0.05) is 18.2 Å². The Labute approximate surface area is 149 Å². The van der Waals surface area contributed by atoms with Crippen molar-refractivity contribution in [3.8, 4) is 0 Å². The summed E-state index contributed by atoms with van der Waals surface area (Å²) in [4.78, 5) is 24.2. The van der Waals surface area contributed by atoms with Gasteiger partial charge in [-0.15, -0.1) is 12.4 Å². The zero-order valence-electron chi connectivity index (χ0n) is 13.8. The Hall–Kier alpha value is -1.59. The minimum Gasteiger partial charge on any atom is -0.350 e. The van der Waals surface area contributed by atoms with Crippen LogP contribution in [0.5, 0.6) is 0 Å². The van der Waals surface area contributed by atoms with Gasteiger partial charge in [0.1, 0.15) is 0 Å². The van der Waals surface area contributed by atoms with Crippen molar-refractivity contribution in [2.45, 2.75) is 57.0 Å². The Bertz CT molecular complexity index is 596. The second-order valence-electron chi connectivity index (χ2n) is 6.86. The molecule has 2 saturated carbocycles. The van der Waals surface area contributed by atoms with E-state index in [2.05, 4.69) is 10.6 Å². The molecule has 3 rings (SSSR count). The molecule has 2 amide bonds. The van der Waals surface area contributed by atoms with Crippen molar-refractivity contribution in [3.05, 3.63) is 29.8 Å². The molecule has 0 saturated heterocycles. The molecule has 24 heavy (non-hydrogen) atoms. The van der Waals surface area contributed by atoms with E-state index >= 15 is 0 Å². The molecule has 4 N–H and O–H groups in total. The lowest BCUT2D eigenvalue weighted by atomic mass is 9.85. The second-order valence-corrected chi connectivity index (χ2v) is 6.86. The Morgan fingerprint density at radius 2 is 1.88 bits per heavy atom. The van der Waals surface area contributed by atoms with Gasteiger partial charge >= 0.3 is 0 Å². The number of carbonyl (C=O) groups is 2. The van der Waals surface area contributed by atoms with Gasteiger partial charge in [0.25, 0.3) is 0 Å². The molecular formula is C18H26ClN3O2. The van der Waals surface area contributed by atoms with Crippen LogP contribution in [0.15, 0.2) is 24.3 Å². The van der Waals surface area contributed by atoms with Crippen LogP contribution in [0.3, 0.4) is 0 Å². The quantitative estimate of drug-likeness (QED) is 0.762. The summed E-state index contributed by atoms with van der Waals surface area (Å²) in [5.74, 6) is 0.195. The summed E-state index contributed by atoms with van der Waals surface area (Å²) in [5.41, 5.74) is 7.20. The Morgan fingerprint density at radius 1 is 1.17 bits per heavy atom. The minimum atomic E-state index is -0.698. The van der Waals surface area contributed by atoms with Crippen molar-refractivity contribution < 1.29 is 9.59 Å². The van der Waals surface area contributed by atoms with Gasteiger partial charge in [0.05, 0.1) is 5.54 Å². The predicted octanol–water partition coefficient (Wildman–Crippen LogP) is 2.73. The van der Waals surface area contributed by atoms with E-state index in [1.54, 1.807) is 0 Å². The fourth-order valence-electron chi connectivity index (χ4n) is 3.27. The molecule has 2 aliphatic carbocycles. The summed E-state index contributed by atoms with van der Waals surface area (Å²) in [7, 11) is 0. The van der Waals surface area contributed by atoms with Crippen LogP contribution in [-0.4, -0.2) is 17.4 Å². The molecule has 0 atom stereocenters. The third-order valence-electron chi connectivity index (χ3n) is 5.07. The maximum Gasteiger partial charge on any atom is 0.240 e. The molecule has 6 heteroatoms. The fourth-order valence-corrected chi connectivity index (χ4v) is 3.27. The number of anilines is 1. The maximum atomic E-state index is 12.2. The molecule has 5 nitrogen and oxygen atoms in total. The van der Waals surface area contributed by atoms with E-state index in [9.17, 15) is 9.59 Å². The Morgan fingerprint density at radius 3 is 2.50 bits per heavy atom. The first-order valence-corrected chi connectivity index (χ1v) is 8.54. The fraction of sp³-hybridized carbons (Fsp3) is 0.556. The number of nitrogens with two attached hydrogens (primary N) is 1. The number of benzene rings is 1. The lowest BCUT2D eigenvalue weighted by Crippen LogP contribution is -2.51. The summed E-state index contributed by atoms with van der Waals surface area (Å²) < 4.78 is 0. The second kappa shape index (κ2) is 7.99. The van der Waals surface area contributed by atoms with E-state index in [4.69, 9.17) is 5.73 Å². The van der Waals surface area contributed by atoms with Gasteiger partial charge in [-0.1, -0.05) is 31.4 Å². The van der Waals surface area contributed by atoms with E-state index in [1.165, 1.54) is 0 Å². The minimum absolute atomic E-state index is 0. The summed E-state index contributed by atoms with van der Waals surface area (Å²) >= 11 is 0. The highest BCUT2D eigenvalue weighted by molar-refractivity contribution is 5.93. The number of hydrogen-bond acceptors (Lipinski definition) is 3. The molecule has 1 aromatic carbocycles. The molecule has 0 radical (unpaired) electrons. The molecule has 0 aliphatic heterocycles. The molecule has 0 heterocycles. The van der Waals surface area contributed by atoms with E-state index in [1.807, 2.05) is 24.3 Å². The number of hydrogen-bond donors (Lipinski definition) is 3. The van der Waals surface area contributed by atoms with E-state index < -0.39 is 5.54 Å². The van der Waals surface area contributed by atoms with E-state index in [-0.39, 0.29) is 30.1 Å². The van der Waals surface area contributed by atoms with Crippen LogP contribution < -0.4 is 16.4 Å². The molecule has 0 bridgehead atoms. The van der Waals surface area contributed by atoms with Crippen molar-refractivity contribution in [3.63, 3.8) is 0 Å². The maximum absolute atomic E-state index is 12.2. The average Bonchev–Trinajstić information content (AvgIpc) is 2.91. The average molecular weight is 352 g/mol. The molecule has 2 aliphatic rings. The number of amides is 2. The lowest BCUT2D eigenvalue weighted by Gasteiger charge is -2.24. The van der Waals surface area contributed by atoms with Gasteiger partial charge in [-0.2, -0.15) is 0 Å². The van der Waals surface area contributed by atoms with Crippen molar-refractivity contribution in [2.24, 2.45) is 11.7 Å². The number of nitrogens with one attached hydrogen (secondary N) is 2. The zero-order chi connectivity index (χ0) is 16.3. The van der Waals surface area contributed by atoms with Crippen LogP contribution in [0, 0.1) is 5.92 Å². The molecule has 1 aromatic rings. The lowest BCUT2D eigenvalue weighted by molar-refractivity contribution is -0.126.